The van der Waals surface area contributed by atoms with Gasteiger partial charge in [0.05, 0.1) is 10.5 Å². The van der Waals surface area contributed by atoms with Crippen LogP contribution in [0.3, 0.4) is 0 Å². The van der Waals surface area contributed by atoms with Crippen molar-refractivity contribution in [1.29, 1.82) is 0 Å². The molecule has 0 saturated heterocycles. The van der Waals surface area contributed by atoms with E-state index in [-0.39, 0.29) is 18.0 Å². The lowest BCUT2D eigenvalue weighted by Gasteiger charge is -2.34. The van der Waals surface area contributed by atoms with Crippen molar-refractivity contribution in [3.8, 4) is 0 Å². The monoisotopic (exact) mass is 418 g/mol. The third-order valence-electron chi connectivity index (χ3n) is 4.37. The lowest BCUT2D eigenvalue weighted by Crippen LogP contribution is -2.51. The minimum Gasteiger partial charge on any atom is -0.368 e. The van der Waals surface area contributed by atoms with Crippen molar-refractivity contribution >= 4 is 27.5 Å². The number of carbonyl (C=O) groups is 1. The smallest absolute Gasteiger partial charge is 0.368 e. The highest BCUT2D eigenvalue weighted by Crippen LogP contribution is 2.38. The first-order chi connectivity index (χ1) is 12.5. The van der Waals surface area contributed by atoms with E-state index in [1.165, 1.54) is 0 Å². The molecule has 0 aromatic heterocycles. The van der Waals surface area contributed by atoms with Crippen LogP contribution >= 0.6 is 11.6 Å². The average molecular weight is 419 g/mol. The molecule has 27 heavy (non-hydrogen) atoms. The number of rotatable bonds is 3. The zero-order valence-corrected chi connectivity index (χ0v) is 15.3. The summed E-state index contributed by atoms with van der Waals surface area (Å²) in [5.41, 5.74) is 5.28. The number of primary amides is 1. The van der Waals surface area contributed by atoms with E-state index in [0.29, 0.717) is 11.6 Å². The van der Waals surface area contributed by atoms with E-state index in [1.54, 1.807) is 24.3 Å². The molecule has 5 nitrogen and oxygen atoms in total. The molecule has 2 aromatic carbocycles. The van der Waals surface area contributed by atoms with Crippen molar-refractivity contribution in [2.75, 3.05) is 0 Å². The Balaban J connectivity index is 2.16. The van der Waals surface area contributed by atoms with Crippen LogP contribution in [-0.2, 0) is 34.0 Å². The molecule has 0 saturated carbocycles. The molecule has 0 radical (unpaired) electrons. The van der Waals surface area contributed by atoms with Crippen LogP contribution in [0.5, 0.6) is 0 Å². The number of hydrogen-bond acceptors (Lipinski definition) is 3. The van der Waals surface area contributed by atoms with E-state index < -0.39 is 38.6 Å². The molecular formula is C17H14ClF3N2O3S. The van der Waals surface area contributed by atoms with Crippen LogP contribution in [0.4, 0.5) is 13.2 Å². The van der Waals surface area contributed by atoms with Gasteiger partial charge in [0, 0.05) is 11.6 Å². The van der Waals surface area contributed by atoms with Crippen molar-refractivity contribution in [3.63, 3.8) is 0 Å². The summed E-state index contributed by atoms with van der Waals surface area (Å²) < 4.78 is 67.0. The number of sulfonamides is 1. The molecular weight excluding hydrogens is 405 g/mol. The van der Waals surface area contributed by atoms with Gasteiger partial charge < -0.3 is 5.73 Å². The van der Waals surface area contributed by atoms with Crippen molar-refractivity contribution in [3.05, 3.63) is 64.2 Å². The van der Waals surface area contributed by atoms with Crippen molar-refractivity contribution in [2.24, 2.45) is 5.73 Å². The number of hydrogen-bond donors (Lipinski definition) is 1. The first-order valence-electron chi connectivity index (χ1n) is 7.76. The van der Waals surface area contributed by atoms with E-state index in [2.05, 4.69) is 0 Å². The molecule has 2 aromatic rings. The van der Waals surface area contributed by atoms with E-state index in [1.807, 2.05) is 0 Å². The normalized spacial score (nSPS) is 18.1. The Morgan fingerprint density at radius 1 is 1.15 bits per heavy atom. The Morgan fingerprint density at radius 3 is 2.37 bits per heavy atom. The molecule has 0 spiro atoms. The summed E-state index contributed by atoms with van der Waals surface area (Å²) in [5.74, 6) is -0.935. The fourth-order valence-electron chi connectivity index (χ4n) is 3.07. The summed E-state index contributed by atoms with van der Waals surface area (Å²) in [7, 11) is -4.68. The molecule has 0 unspecified atom stereocenters. The molecule has 0 aliphatic carbocycles. The first kappa shape index (κ1) is 19.7. The lowest BCUT2D eigenvalue weighted by molar-refractivity contribution is -0.139. The predicted molar refractivity (Wildman–Crippen MR) is 92.3 cm³/mol. The number of alkyl halides is 3. The number of amides is 1. The molecule has 1 aliphatic rings. The van der Waals surface area contributed by atoms with Crippen LogP contribution in [0.15, 0.2) is 47.4 Å². The second kappa shape index (κ2) is 6.81. The van der Waals surface area contributed by atoms with Gasteiger partial charge in [-0.25, -0.2) is 8.42 Å². The highest BCUT2D eigenvalue weighted by Gasteiger charge is 2.43. The number of carbonyl (C=O) groups excluding carboxylic acids is 1. The Hall–Kier alpha value is -2.10. The summed E-state index contributed by atoms with van der Waals surface area (Å²) >= 11 is 5.62. The van der Waals surface area contributed by atoms with Crippen LogP contribution in [0.2, 0.25) is 5.02 Å². The SMILES string of the molecule is NC(=O)[C@H]1Cc2ccccc2CN1S(=O)(=O)c1ccc(Cl)cc1C(F)(F)F. The van der Waals surface area contributed by atoms with E-state index in [4.69, 9.17) is 17.3 Å². The maximum atomic E-state index is 13.4. The zero-order valence-electron chi connectivity index (χ0n) is 13.7. The molecule has 1 atom stereocenters. The number of nitrogens with two attached hydrogens (primary N) is 1. The van der Waals surface area contributed by atoms with Gasteiger partial charge in [-0.05, 0) is 35.7 Å². The zero-order chi connectivity index (χ0) is 20.0. The fourth-order valence-corrected chi connectivity index (χ4v) is 5.01. The Kier molecular flexibility index (Phi) is 4.96. The Morgan fingerprint density at radius 2 is 1.78 bits per heavy atom. The minimum absolute atomic E-state index is 0.0142. The quantitative estimate of drug-likeness (QED) is 0.832. The summed E-state index contributed by atoms with van der Waals surface area (Å²) in [6, 6.07) is 7.88. The molecule has 1 heterocycles. The van der Waals surface area contributed by atoms with Gasteiger partial charge in [0.25, 0.3) is 0 Å². The number of nitrogens with zero attached hydrogens (tertiary/aromatic N) is 1. The van der Waals surface area contributed by atoms with Gasteiger partial charge in [0.15, 0.2) is 0 Å². The van der Waals surface area contributed by atoms with Crippen LogP contribution in [0.25, 0.3) is 0 Å². The van der Waals surface area contributed by atoms with Crippen molar-refractivity contribution in [1.82, 2.24) is 4.31 Å². The summed E-state index contributed by atoms with van der Waals surface area (Å²) in [5, 5.41) is -0.253. The number of halogens is 4. The standard InChI is InChI=1S/C17H14ClF3N2O3S/c18-12-5-6-15(13(8-12)17(19,20)21)27(25,26)23-9-11-4-2-1-3-10(11)7-14(23)16(22)24/h1-6,8,14H,7,9H2,(H2,22,24)/t14-/m1/s1. The molecule has 3 rings (SSSR count). The van der Waals surface area contributed by atoms with Crippen molar-refractivity contribution < 1.29 is 26.4 Å². The lowest BCUT2D eigenvalue weighted by atomic mass is 9.96. The van der Waals surface area contributed by atoms with Gasteiger partial charge in [-0.1, -0.05) is 35.9 Å². The first-order valence-corrected chi connectivity index (χ1v) is 9.58. The third kappa shape index (κ3) is 3.67. The Bertz CT molecular complexity index is 1010. The average Bonchev–Trinajstić information content (AvgIpc) is 2.59. The third-order valence-corrected chi connectivity index (χ3v) is 6.52. The molecule has 1 amide bonds. The van der Waals surface area contributed by atoms with Gasteiger partial charge in [0.2, 0.25) is 15.9 Å². The van der Waals surface area contributed by atoms with Gasteiger partial charge in [-0.2, -0.15) is 17.5 Å². The van der Waals surface area contributed by atoms with Gasteiger partial charge in [-0.3, -0.25) is 4.79 Å². The van der Waals surface area contributed by atoms with E-state index >= 15 is 0 Å². The second-order valence-corrected chi connectivity index (χ2v) is 8.37. The highest BCUT2D eigenvalue weighted by molar-refractivity contribution is 7.89. The summed E-state index contributed by atoms with van der Waals surface area (Å²) in [4.78, 5) is 10.9. The topological polar surface area (TPSA) is 80.5 Å². The van der Waals surface area contributed by atoms with Gasteiger partial charge in [-0.15, -0.1) is 0 Å². The molecule has 144 valence electrons. The predicted octanol–water partition coefficient (Wildman–Crippen LogP) is 2.96. The van der Waals surface area contributed by atoms with Gasteiger partial charge >= 0.3 is 6.18 Å². The van der Waals surface area contributed by atoms with Gasteiger partial charge in [0.1, 0.15) is 6.04 Å². The summed E-state index contributed by atoms with van der Waals surface area (Å²) in [6.45, 7) is -0.258. The summed E-state index contributed by atoms with van der Waals surface area (Å²) in [6.07, 6.45) is -4.96. The van der Waals surface area contributed by atoms with Crippen LogP contribution in [-0.4, -0.2) is 24.7 Å². The number of benzene rings is 2. The maximum absolute atomic E-state index is 13.4. The maximum Gasteiger partial charge on any atom is 0.417 e. The van der Waals surface area contributed by atoms with Crippen LogP contribution < -0.4 is 5.73 Å². The largest absolute Gasteiger partial charge is 0.417 e. The van der Waals surface area contributed by atoms with E-state index in [9.17, 15) is 26.4 Å². The number of fused-ring (bicyclic) bond motifs is 1. The highest BCUT2D eigenvalue weighted by atomic mass is 35.5. The Labute approximate surface area is 158 Å². The fraction of sp³-hybridized carbons (Fsp3) is 0.235. The van der Waals surface area contributed by atoms with Crippen molar-refractivity contribution in [2.45, 2.75) is 30.1 Å². The molecule has 1 aliphatic heterocycles. The van der Waals surface area contributed by atoms with E-state index in [0.717, 1.165) is 22.0 Å². The molecule has 0 bridgehead atoms. The minimum atomic E-state index is -4.94. The van der Waals surface area contributed by atoms with Crippen LogP contribution in [0.1, 0.15) is 16.7 Å². The second-order valence-electron chi connectivity index (χ2n) is 6.08. The van der Waals surface area contributed by atoms with Crippen LogP contribution in [0, 0.1) is 0 Å². The molecule has 2 N–H and O–H groups in total. The molecule has 10 heteroatoms. The molecule has 0 fully saturated rings.